The van der Waals surface area contributed by atoms with Gasteiger partial charge in [0.1, 0.15) is 12.3 Å². The Labute approximate surface area is 153 Å². The fourth-order valence-corrected chi connectivity index (χ4v) is 3.05. The van der Waals surface area contributed by atoms with Crippen molar-refractivity contribution in [2.75, 3.05) is 17.7 Å². The quantitative estimate of drug-likeness (QED) is 0.512. The van der Waals surface area contributed by atoms with E-state index in [1.54, 1.807) is 28.8 Å². The number of aliphatic hydroxyl groups is 2. The van der Waals surface area contributed by atoms with Gasteiger partial charge in [-0.1, -0.05) is 18.2 Å². The molecule has 0 spiro atoms. The number of amides is 1. The number of nitrogens with two attached hydrogens (primary N) is 1. The van der Waals surface area contributed by atoms with Crippen LogP contribution < -0.4 is 11.1 Å². The number of aromatic nitrogens is 4. The van der Waals surface area contributed by atoms with E-state index in [2.05, 4.69) is 20.3 Å². The van der Waals surface area contributed by atoms with Gasteiger partial charge in [-0.05, 0) is 12.1 Å². The molecule has 140 valence electrons. The molecule has 0 saturated carbocycles. The van der Waals surface area contributed by atoms with Gasteiger partial charge in [-0.15, -0.1) is 0 Å². The zero-order valence-corrected chi connectivity index (χ0v) is 14.2. The van der Waals surface area contributed by atoms with Crippen LogP contribution in [-0.2, 0) is 4.74 Å². The summed E-state index contributed by atoms with van der Waals surface area (Å²) in [5.41, 5.74) is 6.98. The van der Waals surface area contributed by atoms with E-state index in [0.29, 0.717) is 16.7 Å². The molecule has 0 bridgehead atoms. The van der Waals surface area contributed by atoms with Crippen LogP contribution in [0.4, 0.5) is 11.8 Å². The summed E-state index contributed by atoms with van der Waals surface area (Å²) in [5.74, 6) is -0.204. The van der Waals surface area contributed by atoms with Gasteiger partial charge in [0.2, 0.25) is 5.95 Å². The number of nitrogen functional groups attached to an aromatic ring is 1. The highest BCUT2D eigenvalue weighted by Crippen LogP contribution is 2.32. The molecule has 10 nitrogen and oxygen atoms in total. The predicted molar refractivity (Wildman–Crippen MR) is 95.8 cm³/mol. The standard InChI is InChI=1S/C17H18N6O4/c18-17-21-14(20-16(26)9-4-2-1-3-5-9)13-15(22-17)23(8-19-13)12-6-10(25)11(7-24)27-12/h1-5,8,10-12,24-25H,6-7H2,(H3,18,20,21,22,26)/t10-,11-,12-/m0/s1. The number of nitrogens with one attached hydrogen (secondary N) is 1. The van der Waals surface area contributed by atoms with Crippen LogP contribution in [0.5, 0.6) is 0 Å². The maximum absolute atomic E-state index is 12.4. The third-order valence-corrected chi connectivity index (χ3v) is 4.40. The summed E-state index contributed by atoms with van der Waals surface area (Å²) in [7, 11) is 0. The molecule has 1 aromatic carbocycles. The Hall–Kier alpha value is -3.08. The second-order valence-corrected chi connectivity index (χ2v) is 6.19. The zero-order chi connectivity index (χ0) is 19.0. The Kier molecular flexibility index (Phi) is 4.44. The third-order valence-electron chi connectivity index (χ3n) is 4.40. The van der Waals surface area contributed by atoms with Crippen LogP contribution in [-0.4, -0.2) is 54.5 Å². The molecule has 4 rings (SSSR count). The van der Waals surface area contributed by atoms with Crippen LogP contribution >= 0.6 is 0 Å². The largest absolute Gasteiger partial charge is 0.394 e. The molecule has 3 aromatic rings. The van der Waals surface area contributed by atoms with Gasteiger partial charge < -0.3 is 26.0 Å². The minimum Gasteiger partial charge on any atom is -0.394 e. The summed E-state index contributed by atoms with van der Waals surface area (Å²) in [6.45, 7) is -0.292. The fourth-order valence-electron chi connectivity index (χ4n) is 3.05. The van der Waals surface area contributed by atoms with E-state index >= 15 is 0 Å². The molecule has 3 atom stereocenters. The van der Waals surface area contributed by atoms with Gasteiger partial charge in [-0.2, -0.15) is 9.97 Å². The summed E-state index contributed by atoms with van der Waals surface area (Å²) in [6, 6.07) is 8.69. The van der Waals surface area contributed by atoms with Crippen LogP contribution in [0.15, 0.2) is 36.7 Å². The number of nitrogens with zero attached hydrogens (tertiary/aromatic N) is 4. The normalized spacial score (nSPS) is 22.2. The van der Waals surface area contributed by atoms with Gasteiger partial charge in [-0.3, -0.25) is 9.36 Å². The van der Waals surface area contributed by atoms with Crippen LogP contribution in [0.3, 0.4) is 0 Å². The average molecular weight is 370 g/mol. The monoisotopic (exact) mass is 370 g/mol. The Morgan fingerprint density at radius 1 is 1.33 bits per heavy atom. The van der Waals surface area contributed by atoms with Crippen molar-refractivity contribution in [3.05, 3.63) is 42.2 Å². The molecule has 27 heavy (non-hydrogen) atoms. The molecule has 0 radical (unpaired) electrons. The van der Waals surface area contributed by atoms with Crippen molar-refractivity contribution in [2.24, 2.45) is 0 Å². The summed E-state index contributed by atoms with van der Waals surface area (Å²) >= 11 is 0. The Morgan fingerprint density at radius 3 is 2.81 bits per heavy atom. The smallest absolute Gasteiger partial charge is 0.256 e. The highest BCUT2D eigenvalue weighted by atomic mass is 16.5. The van der Waals surface area contributed by atoms with Gasteiger partial charge in [0, 0.05) is 12.0 Å². The second-order valence-electron chi connectivity index (χ2n) is 6.19. The van der Waals surface area contributed by atoms with Gasteiger partial charge in [0.15, 0.2) is 17.0 Å². The molecule has 1 fully saturated rings. The van der Waals surface area contributed by atoms with E-state index in [1.807, 2.05) is 6.07 Å². The number of ether oxygens (including phenoxy) is 1. The first-order chi connectivity index (χ1) is 13.1. The molecule has 1 saturated heterocycles. The van der Waals surface area contributed by atoms with Crippen molar-refractivity contribution in [3.8, 4) is 0 Å². The number of imidazole rings is 1. The second kappa shape index (κ2) is 6.91. The number of anilines is 2. The maximum atomic E-state index is 12.4. The van der Waals surface area contributed by atoms with Crippen LogP contribution in [0.2, 0.25) is 0 Å². The number of aliphatic hydroxyl groups excluding tert-OH is 2. The molecule has 3 heterocycles. The van der Waals surface area contributed by atoms with Crippen molar-refractivity contribution in [3.63, 3.8) is 0 Å². The molecule has 0 unspecified atom stereocenters. The summed E-state index contributed by atoms with van der Waals surface area (Å²) in [4.78, 5) is 25.0. The lowest BCUT2D eigenvalue weighted by Crippen LogP contribution is -2.24. The first-order valence-electron chi connectivity index (χ1n) is 8.37. The number of carbonyl (C=O) groups excluding carboxylic acids is 1. The minimum absolute atomic E-state index is 0.0372. The highest BCUT2D eigenvalue weighted by Gasteiger charge is 2.35. The van der Waals surface area contributed by atoms with Crippen LogP contribution in [0.25, 0.3) is 11.2 Å². The van der Waals surface area contributed by atoms with Crippen molar-refractivity contribution in [2.45, 2.75) is 24.9 Å². The highest BCUT2D eigenvalue weighted by molar-refractivity contribution is 6.06. The van der Waals surface area contributed by atoms with E-state index in [0.717, 1.165) is 0 Å². The number of fused-ring (bicyclic) bond motifs is 1. The van der Waals surface area contributed by atoms with E-state index in [9.17, 15) is 15.0 Å². The van der Waals surface area contributed by atoms with Gasteiger partial charge in [-0.25, -0.2) is 4.98 Å². The molecule has 5 N–H and O–H groups in total. The van der Waals surface area contributed by atoms with Crippen molar-refractivity contribution in [1.82, 2.24) is 19.5 Å². The van der Waals surface area contributed by atoms with Crippen molar-refractivity contribution < 1.29 is 19.7 Å². The lowest BCUT2D eigenvalue weighted by atomic mass is 10.2. The molecule has 1 amide bonds. The molecule has 0 aliphatic carbocycles. The van der Waals surface area contributed by atoms with Crippen molar-refractivity contribution >= 4 is 28.8 Å². The van der Waals surface area contributed by atoms with Crippen molar-refractivity contribution in [1.29, 1.82) is 0 Å². The predicted octanol–water partition coefficient (Wildman–Crippen LogP) is 0.301. The van der Waals surface area contributed by atoms with E-state index in [4.69, 9.17) is 10.5 Å². The van der Waals surface area contributed by atoms with E-state index in [-0.39, 0.29) is 30.7 Å². The first kappa shape index (κ1) is 17.3. The number of hydrogen-bond donors (Lipinski definition) is 4. The van der Waals surface area contributed by atoms with E-state index < -0.39 is 18.4 Å². The Bertz CT molecular complexity index is 976. The average Bonchev–Trinajstić information content (AvgIpc) is 3.25. The first-order valence-corrected chi connectivity index (χ1v) is 8.37. The minimum atomic E-state index is -0.797. The Morgan fingerprint density at radius 2 is 2.11 bits per heavy atom. The molecule has 1 aliphatic rings. The molecule has 2 aromatic heterocycles. The third kappa shape index (κ3) is 3.21. The summed E-state index contributed by atoms with van der Waals surface area (Å²) < 4.78 is 7.24. The summed E-state index contributed by atoms with van der Waals surface area (Å²) in [5, 5.41) is 21.9. The molecular formula is C17H18N6O4. The molecular weight excluding hydrogens is 352 g/mol. The topological polar surface area (TPSA) is 148 Å². The number of carbonyl (C=O) groups is 1. The van der Waals surface area contributed by atoms with Gasteiger partial charge in [0.25, 0.3) is 5.91 Å². The number of rotatable bonds is 4. The lowest BCUT2D eigenvalue weighted by Gasteiger charge is -2.14. The Balaban J connectivity index is 1.68. The maximum Gasteiger partial charge on any atom is 0.256 e. The van der Waals surface area contributed by atoms with Crippen LogP contribution in [0.1, 0.15) is 23.0 Å². The van der Waals surface area contributed by atoms with E-state index in [1.165, 1.54) is 6.33 Å². The van der Waals surface area contributed by atoms with Crippen LogP contribution in [0, 0.1) is 0 Å². The fraction of sp³-hybridized carbons (Fsp3) is 0.294. The van der Waals surface area contributed by atoms with Gasteiger partial charge in [0.05, 0.1) is 19.0 Å². The zero-order valence-electron chi connectivity index (χ0n) is 14.2. The lowest BCUT2D eigenvalue weighted by molar-refractivity contribution is -0.0432. The molecule has 10 heteroatoms. The SMILES string of the molecule is Nc1nc(NC(=O)c2ccccc2)c2ncn([C@@H]3C[C@H](O)[C@H](CO)O3)c2n1. The number of benzene rings is 1. The summed E-state index contributed by atoms with van der Waals surface area (Å²) in [6.07, 6.45) is -0.285. The van der Waals surface area contributed by atoms with Gasteiger partial charge >= 0.3 is 0 Å². The molecule has 1 aliphatic heterocycles. The number of hydrogen-bond acceptors (Lipinski definition) is 8.